The third-order valence-corrected chi connectivity index (χ3v) is 6.98. The summed E-state index contributed by atoms with van der Waals surface area (Å²) in [5, 5.41) is 4.19. The SMILES string of the molecule is CN1c2ccccc2C(=O)N2CCc3c(n(CC(=O)NCCc4cnc[nH]4)c4ccccc34)C21. The van der Waals surface area contributed by atoms with E-state index in [4.69, 9.17) is 0 Å². The number of carbonyl (C=O) groups is 2. The van der Waals surface area contributed by atoms with Gasteiger partial charge in [0.15, 0.2) is 0 Å². The van der Waals surface area contributed by atoms with Gasteiger partial charge in [-0.05, 0) is 30.2 Å². The second kappa shape index (κ2) is 8.06. The quantitative estimate of drug-likeness (QED) is 0.486. The number of hydrogen-bond donors (Lipinski definition) is 2. The molecule has 8 nitrogen and oxygen atoms in total. The molecule has 2 aromatic carbocycles. The van der Waals surface area contributed by atoms with Crippen molar-refractivity contribution in [1.82, 2.24) is 24.8 Å². The highest BCUT2D eigenvalue weighted by molar-refractivity contribution is 6.02. The minimum absolute atomic E-state index is 0.0464. The van der Waals surface area contributed by atoms with Gasteiger partial charge in [-0.25, -0.2) is 4.98 Å². The van der Waals surface area contributed by atoms with Crippen molar-refractivity contribution >= 4 is 28.4 Å². The second-order valence-corrected chi connectivity index (χ2v) is 8.89. The zero-order valence-corrected chi connectivity index (χ0v) is 19.0. The molecule has 0 saturated heterocycles. The largest absolute Gasteiger partial charge is 0.354 e. The molecule has 0 bridgehead atoms. The number of hydrogen-bond acceptors (Lipinski definition) is 4. The molecule has 2 amide bonds. The van der Waals surface area contributed by atoms with Crippen molar-refractivity contribution in [3.63, 3.8) is 0 Å². The van der Waals surface area contributed by atoms with Crippen molar-refractivity contribution in [2.75, 3.05) is 25.0 Å². The lowest BCUT2D eigenvalue weighted by Gasteiger charge is -2.46. The minimum atomic E-state index is -0.253. The Balaban J connectivity index is 1.38. The van der Waals surface area contributed by atoms with Crippen molar-refractivity contribution in [2.45, 2.75) is 25.6 Å². The fourth-order valence-electron chi connectivity index (χ4n) is 5.44. The van der Waals surface area contributed by atoms with Gasteiger partial charge in [0, 0.05) is 49.4 Å². The maximum Gasteiger partial charge on any atom is 0.257 e. The van der Waals surface area contributed by atoms with Gasteiger partial charge in [-0.1, -0.05) is 30.3 Å². The van der Waals surface area contributed by atoms with Crippen LogP contribution in [0.4, 0.5) is 5.69 Å². The number of para-hydroxylation sites is 2. The van der Waals surface area contributed by atoms with Crippen LogP contribution in [0.25, 0.3) is 10.9 Å². The summed E-state index contributed by atoms with van der Waals surface area (Å²) in [4.78, 5) is 37.6. The Morgan fingerprint density at radius 3 is 2.85 bits per heavy atom. The van der Waals surface area contributed by atoms with Crippen LogP contribution in [-0.4, -0.2) is 51.4 Å². The third kappa shape index (κ3) is 3.17. The molecule has 4 aromatic rings. The molecular formula is C26H26N6O2. The molecule has 2 aliphatic heterocycles. The number of aromatic amines is 1. The van der Waals surface area contributed by atoms with Gasteiger partial charge >= 0.3 is 0 Å². The Morgan fingerprint density at radius 2 is 2.00 bits per heavy atom. The van der Waals surface area contributed by atoms with E-state index in [2.05, 4.69) is 36.9 Å². The first-order chi connectivity index (χ1) is 16.6. The first kappa shape index (κ1) is 20.5. The molecule has 6 rings (SSSR count). The van der Waals surface area contributed by atoms with E-state index in [1.54, 1.807) is 12.5 Å². The average molecular weight is 455 g/mol. The fourth-order valence-corrected chi connectivity index (χ4v) is 5.44. The first-order valence-electron chi connectivity index (χ1n) is 11.6. The van der Waals surface area contributed by atoms with Crippen LogP contribution >= 0.6 is 0 Å². The Labute approximate surface area is 197 Å². The molecule has 1 atom stereocenters. The standard InChI is InChI=1S/C26H26N6O2/c1-30-21-8-4-3-7-20(21)26(34)31-13-11-19-18-6-2-5-9-22(18)32(24(19)25(30)31)15-23(33)28-12-10-17-14-27-16-29-17/h2-9,14,16,25H,10-13,15H2,1H3,(H,27,29)(H,28,33). The molecule has 0 saturated carbocycles. The van der Waals surface area contributed by atoms with Crippen LogP contribution in [0.2, 0.25) is 0 Å². The summed E-state index contributed by atoms with van der Waals surface area (Å²) in [6.07, 6.45) is 4.62. The lowest BCUT2D eigenvalue weighted by atomic mass is 9.96. The number of H-pyrrole nitrogens is 1. The number of carbonyl (C=O) groups excluding carboxylic acids is 2. The molecule has 0 fully saturated rings. The number of anilines is 1. The molecule has 2 aliphatic rings. The summed E-state index contributed by atoms with van der Waals surface area (Å²) in [7, 11) is 2.03. The predicted molar refractivity (Wildman–Crippen MR) is 130 cm³/mol. The topological polar surface area (TPSA) is 86.3 Å². The van der Waals surface area contributed by atoms with Crippen LogP contribution in [0.1, 0.15) is 33.5 Å². The van der Waals surface area contributed by atoms with E-state index in [-0.39, 0.29) is 24.5 Å². The van der Waals surface area contributed by atoms with Gasteiger partial charge in [0.2, 0.25) is 5.91 Å². The van der Waals surface area contributed by atoms with Crippen LogP contribution in [0.5, 0.6) is 0 Å². The number of rotatable bonds is 5. The molecule has 34 heavy (non-hydrogen) atoms. The van der Waals surface area contributed by atoms with E-state index in [0.717, 1.165) is 40.0 Å². The maximum absolute atomic E-state index is 13.4. The Morgan fingerprint density at radius 1 is 1.18 bits per heavy atom. The molecule has 1 unspecified atom stereocenters. The number of nitrogens with one attached hydrogen (secondary N) is 2. The summed E-state index contributed by atoms with van der Waals surface area (Å²) in [5.74, 6) is -0.00412. The van der Waals surface area contributed by atoms with Gasteiger partial charge in [0.1, 0.15) is 12.7 Å². The van der Waals surface area contributed by atoms with Gasteiger partial charge in [0.25, 0.3) is 5.91 Å². The Hall–Kier alpha value is -4.07. The van der Waals surface area contributed by atoms with E-state index in [0.29, 0.717) is 19.5 Å². The molecule has 0 spiro atoms. The monoisotopic (exact) mass is 454 g/mol. The van der Waals surface area contributed by atoms with Crippen molar-refractivity contribution in [3.8, 4) is 0 Å². The van der Waals surface area contributed by atoms with Crippen LogP contribution < -0.4 is 10.2 Å². The van der Waals surface area contributed by atoms with Crippen molar-refractivity contribution < 1.29 is 9.59 Å². The highest BCUT2D eigenvalue weighted by Gasteiger charge is 2.42. The average Bonchev–Trinajstić information content (AvgIpc) is 3.49. The smallest absolute Gasteiger partial charge is 0.257 e. The molecule has 2 aromatic heterocycles. The van der Waals surface area contributed by atoms with Crippen LogP contribution in [0.3, 0.4) is 0 Å². The first-order valence-corrected chi connectivity index (χ1v) is 11.6. The molecule has 2 N–H and O–H groups in total. The second-order valence-electron chi connectivity index (χ2n) is 8.89. The Bertz CT molecular complexity index is 1390. The van der Waals surface area contributed by atoms with E-state index in [1.165, 1.54) is 5.56 Å². The van der Waals surface area contributed by atoms with Crippen LogP contribution in [0.15, 0.2) is 61.1 Å². The minimum Gasteiger partial charge on any atom is -0.354 e. The number of imidazole rings is 1. The zero-order valence-electron chi connectivity index (χ0n) is 19.0. The van der Waals surface area contributed by atoms with Gasteiger partial charge in [-0.3, -0.25) is 9.59 Å². The number of aromatic nitrogens is 3. The van der Waals surface area contributed by atoms with Crippen LogP contribution in [0, 0.1) is 0 Å². The summed E-state index contributed by atoms with van der Waals surface area (Å²) in [6, 6.07) is 16.0. The summed E-state index contributed by atoms with van der Waals surface area (Å²) in [6.45, 7) is 1.39. The lowest BCUT2D eigenvalue weighted by Crippen LogP contribution is -2.51. The third-order valence-electron chi connectivity index (χ3n) is 6.98. The van der Waals surface area contributed by atoms with Crippen LogP contribution in [-0.2, 0) is 24.2 Å². The van der Waals surface area contributed by atoms with Gasteiger partial charge in [0.05, 0.1) is 23.3 Å². The van der Waals surface area contributed by atoms with E-state index >= 15 is 0 Å². The summed E-state index contributed by atoms with van der Waals surface area (Å²) in [5.41, 5.74) is 5.91. The highest BCUT2D eigenvalue weighted by Crippen LogP contribution is 2.44. The number of amides is 2. The molecular weight excluding hydrogens is 428 g/mol. The molecule has 172 valence electrons. The predicted octanol–water partition coefficient (Wildman–Crippen LogP) is 2.87. The molecule has 8 heteroatoms. The molecule has 0 radical (unpaired) electrons. The molecule has 0 aliphatic carbocycles. The molecule has 4 heterocycles. The number of nitrogens with zero attached hydrogens (tertiary/aromatic N) is 4. The summed E-state index contributed by atoms with van der Waals surface area (Å²) < 4.78 is 2.10. The number of benzene rings is 2. The zero-order chi connectivity index (χ0) is 23.2. The van der Waals surface area contributed by atoms with Crippen molar-refractivity contribution in [2.24, 2.45) is 0 Å². The van der Waals surface area contributed by atoms with E-state index < -0.39 is 0 Å². The normalized spacial score (nSPS) is 16.9. The van der Waals surface area contributed by atoms with Gasteiger partial charge in [-0.15, -0.1) is 0 Å². The van der Waals surface area contributed by atoms with E-state index in [9.17, 15) is 9.59 Å². The highest BCUT2D eigenvalue weighted by atomic mass is 16.2. The summed E-state index contributed by atoms with van der Waals surface area (Å²) >= 11 is 0. The maximum atomic E-state index is 13.4. The van der Waals surface area contributed by atoms with Gasteiger partial charge < -0.3 is 24.7 Å². The lowest BCUT2D eigenvalue weighted by molar-refractivity contribution is -0.121. The fraction of sp³-hybridized carbons (Fsp3) is 0.269. The Kier molecular flexibility index (Phi) is 4.86. The van der Waals surface area contributed by atoms with Crippen molar-refractivity contribution in [1.29, 1.82) is 0 Å². The van der Waals surface area contributed by atoms with Crippen molar-refractivity contribution in [3.05, 3.63) is 83.6 Å². The number of fused-ring (bicyclic) bond motifs is 6. The van der Waals surface area contributed by atoms with E-state index in [1.807, 2.05) is 48.3 Å². The van der Waals surface area contributed by atoms with Gasteiger partial charge in [-0.2, -0.15) is 0 Å².